The van der Waals surface area contributed by atoms with Gasteiger partial charge in [0.2, 0.25) is 0 Å². The molecular weight excluding hydrogens is 316 g/mol. The molecule has 1 rings (SSSR count). The summed E-state index contributed by atoms with van der Waals surface area (Å²) in [4.78, 5) is 8.25. The molecule has 0 saturated heterocycles. The van der Waals surface area contributed by atoms with Crippen LogP contribution in [0.25, 0.3) is 0 Å². The lowest BCUT2D eigenvalue weighted by Gasteiger charge is -2.30. The topological polar surface area (TPSA) is 66.2 Å². The predicted octanol–water partition coefficient (Wildman–Crippen LogP) is 5.21. The van der Waals surface area contributed by atoms with Crippen molar-refractivity contribution in [3.05, 3.63) is 51.2 Å². The van der Waals surface area contributed by atoms with E-state index < -0.39 is 5.09 Å². The number of quaternary nitrogens is 1. The first-order valence-electron chi connectivity index (χ1n) is 9.55. The molecule has 0 unspecified atom stereocenters. The van der Waals surface area contributed by atoms with Crippen LogP contribution in [0.3, 0.4) is 0 Å². The van der Waals surface area contributed by atoms with E-state index >= 15 is 0 Å². The van der Waals surface area contributed by atoms with Gasteiger partial charge in [-0.2, -0.15) is 0 Å². The Hall–Kier alpha value is -1.62. The van der Waals surface area contributed by atoms with Crippen LogP contribution in [0.5, 0.6) is 0 Å². The second kappa shape index (κ2) is 14.7. The monoisotopic (exact) mass is 352 g/mol. The van der Waals surface area contributed by atoms with Crippen molar-refractivity contribution < 1.29 is 9.57 Å². The summed E-state index contributed by atoms with van der Waals surface area (Å²) in [6, 6.07) is 10.9. The van der Waals surface area contributed by atoms with Gasteiger partial charge in [-0.3, -0.25) is 0 Å². The number of rotatable bonds is 12. The lowest BCUT2D eigenvalue weighted by Crippen LogP contribution is -2.41. The Labute approximate surface area is 153 Å². The summed E-state index contributed by atoms with van der Waals surface area (Å²) in [5.74, 6) is 0. The normalized spacial score (nSPS) is 10.8. The fraction of sp³-hybridized carbons (Fsp3) is 0.700. The molecule has 1 aromatic rings. The Morgan fingerprint density at radius 1 is 0.840 bits per heavy atom. The zero-order valence-corrected chi connectivity index (χ0v) is 16.3. The molecule has 0 aromatic heterocycles. The zero-order chi connectivity index (χ0) is 19.0. The standard InChI is InChI=1S/C20H36N.NO3/c1-4-5-6-7-8-9-13-18-21(2,3)19-14-17-20-15-11-10-12-16-20;2-1(3)4/h10-12,15-16H,4-9,13-14,17-19H2,1-3H3;/q+1;-1. The Morgan fingerprint density at radius 3 is 1.88 bits per heavy atom. The van der Waals surface area contributed by atoms with Crippen LogP contribution < -0.4 is 0 Å². The molecule has 0 aliphatic carbocycles. The maximum absolute atomic E-state index is 8.25. The molecule has 0 saturated carbocycles. The summed E-state index contributed by atoms with van der Waals surface area (Å²) >= 11 is 0. The van der Waals surface area contributed by atoms with Crippen LogP contribution in [-0.2, 0) is 6.42 Å². The van der Waals surface area contributed by atoms with Crippen molar-refractivity contribution in [2.75, 3.05) is 27.2 Å². The third-order valence-corrected chi connectivity index (χ3v) is 4.44. The van der Waals surface area contributed by atoms with Gasteiger partial charge in [-0.25, -0.2) is 0 Å². The van der Waals surface area contributed by atoms with Crippen LogP contribution in [-0.4, -0.2) is 36.8 Å². The van der Waals surface area contributed by atoms with Crippen molar-refractivity contribution in [3.8, 4) is 0 Å². The second-order valence-corrected chi connectivity index (χ2v) is 7.32. The average Bonchev–Trinajstić information content (AvgIpc) is 2.54. The Bertz CT molecular complexity index is 432. The molecule has 0 aliphatic rings. The highest BCUT2D eigenvalue weighted by Gasteiger charge is 2.13. The molecule has 0 atom stereocenters. The minimum Gasteiger partial charge on any atom is -0.356 e. The third-order valence-electron chi connectivity index (χ3n) is 4.44. The highest BCUT2D eigenvalue weighted by molar-refractivity contribution is 5.14. The van der Waals surface area contributed by atoms with Crippen molar-refractivity contribution >= 4 is 0 Å². The number of hydrogen-bond donors (Lipinski definition) is 0. The van der Waals surface area contributed by atoms with Gasteiger partial charge in [0.25, 0.3) is 0 Å². The van der Waals surface area contributed by atoms with Gasteiger partial charge < -0.3 is 19.8 Å². The number of benzene rings is 1. The molecule has 5 heteroatoms. The Balaban J connectivity index is 0.00000129. The summed E-state index contributed by atoms with van der Waals surface area (Å²) in [7, 11) is 4.78. The number of aryl methyl sites for hydroxylation is 1. The molecule has 5 nitrogen and oxygen atoms in total. The van der Waals surface area contributed by atoms with E-state index in [4.69, 9.17) is 15.3 Å². The van der Waals surface area contributed by atoms with Gasteiger partial charge in [0.15, 0.2) is 0 Å². The van der Waals surface area contributed by atoms with Crippen LogP contribution >= 0.6 is 0 Å². The zero-order valence-electron chi connectivity index (χ0n) is 16.3. The first kappa shape index (κ1) is 23.4. The molecule has 0 heterocycles. The van der Waals surface area contributed by atoms with E-state index in [0.717, 1.165) is 0 Å². The van der Waals surface area contributed by atoms with E-state index in [1.54, 1.807) is 0 Å². The Morgan fingerprint density at radius 2 is 1.32 bits per heavy atom. The Kier molecular flexibility index (Phi) is 13.7. The maximum atomic E-state index is 8.25. The highest BCUT2D eigenvalue weighted by Crippen LogP contribution is 2.11. The summed E-state index contributed by atoms with van der Waals surface area (Å²) in [5, 5.41) is 14.8. The minimum atomic E-state index is -1.75. The van der Waals surface area contributed by atoms with Crippen LogP contribution in [0.1, 0.15) is 63.9 Å². The van der Waals surface area contributed by atoms with E-state index in [0.29, 0.717) is 0 Å². The van der Waals surface area contributed by atoms with E-state index in [2.05, 4.69) is 51.4 Å². The summed E-state index contributed by atoms with van der Waals surface area (Å²) < 4.78 is 1.18. The van der Waals surface area contributed by atoms with E-state index in [1.807, 2.05) is 0 Å². The van der Waals surface area contributed by atoms with E-state index in [1.165, 1.54) is 80.9 Å². The smallest absolute Gasteiger partial charge is 0.0785 e. The van der Waals surface area contributed by atoms with Crippen LogP contribution in [0, 0.1) is 15.3 Å². The predicted molar refractivity (Wildman–Crippen MR) is 105 cm³/mol. The summed E-state index contributed by atoms with van der Waals surface area (Å²) in [6.45, 7) is 4.92. The second-order valence-electron chi connectivity index (χ2n) is 7.32. The molecule has 144 valence electrons. The summed E-state index contributed by atoms with van der Waals surface area (Å²) in [6.07, 6.45) is 12.4. The van der Waals surface area contributed by atoms with Crippen LogP contribution in [0.15, 0.2) is 30.3 Å². The molecule has 0 amide bonds. The van der Waals surface area contributed by atoms with Gasteiger partial charge in [0.05, 0.1) is 32.3 Å². The van der Waals surface area contributed by atoms with Crippen LogP contribution in [0.4, 0.5) is 0 Å². The van der Waals surface area contributed by atoms with Crippen molar-refractivity contribution in [2.45, 2.75) is 64.7 Å². The van der Waals surface area contributed by atoms with E-state index in [9.17, 15) is 0 Å². The first-order valence-corrected chi connectivity index (χ1v) is 9.55. The molecule has 0 fully saturated rings. The average molecular weight is 353 g/mol. The van der Waals surface area contributed by atoms with E-state index in [-0.39, 0.29) is 0 Å². The molecule has 1 aromatic carbocycles. The van der Waals surface area contributed by atoms with Gasteiger partial charge in [-0.05, 0) is 24.8 Å². The molecule has 0 bridgehead atoms. The number of nitrogens with zero attached hydrogens (tertiary/aromatic N) is 2. The quantitative estimate of drug-likeness (QED) is 0.224. The molecular formula is C20H36N2O3. The first-order chi connectivity index (χ1) is 11.9. The van der Waals surface area contributed by atoms with Crippen molar-refractivity contribution in [3.63, 3.8) is 0 Å². The minimum absolute atomic E-state index is 1.18. The lowest BCUT2D eigenvalue weighted by molar-refractivity contribution is -0.890. The summed E-state index contributed by atoms with van der Waals surface area (Å²) in [5.41, 5.74) is 1.48. The largest absolute Gasteiger partial charge is 0.356 e. The molecule has 0 spiro atoms. The van der Waals surface area contributed by atoms with Crippen molar-refractivity contribution in [1.29, 1.82) is 0 Å². The lowest BCUT2D eigenvalue weighted by atomic mass is 10.1. The fourth-order valence-electron chi connectivity index (χ4n) is 2.96. The van der Waals surface area contributed by atoms with Gasteiger partial charge >= 0.3 is 0 Å². The number of unbranched alkanes of at least 4 members (excludes halogenated alkanes) is 6. The van der Waals surface area contributed by atoms with Gasteiger partial charge in [0.1, 0.15) is 0 Å². The van der Waals surface area contributed by atoms with Crippen molar-refractivity contribution in [2.24, 2.45) is 0 Å². The fourth-order valence-corrected chi connectivity index (χ4v) is 2.96. The highest BCUT2D eigenvalue weighted by atomic mass is 16.9. The van der Waals surface area contributed by atoms with Gasteiger partial charge in [0, 0.05) is 6.42 Å². The molecule has 25 heavy (non-hydrogen) atoms. The van der Waals surface area contributed by atoms with Gasteiger partial charge in [-0.15, -0.1) is 0 Å². The molecule has 0 radical (unpaired) electrons. The SMILES string of the molecule is CCCCCCCCC[N+](C)(C)CCCc1ccccc1.O=[N+]([O-])[O-]. The third kappa shape index (κ3) is 17.0. The molecule has 0 N–H and O–H groups in total. The number of hydrogen-bond acceptors (Lipinski definition) is 3. The van der Waals surface area contributed by atoms with Crippen LogP contribution in [0.2, 0.25) is 0 Å². The maximum Gasteiger partial charge on any atom is 0.0785 e. The van der Waals surface area contributed by atoms with Gasteiger partial charge in [-0.1, -0.05) is 69.4 Å². The molecule has 0 aliphatic heterocycles. The van der Waals surface area contributed by atoms with Crippen molar-refractivity contribution in [1.82, 2.24) is 0 Å².